The monoisotopic (exact) mass is 267 g/mol. The minimum absolute atomic E-state index is 0.0786. The second-order valence-corrected chi connectivity index (χ2v) is 2.97. The molecule has 108 valence electrons. The Morgan fingerprint density at radius 3 is 2.11 bits per heavy atom. The molecule has 7 heteroatoms. The molecule has 0 heterocycles. The van der Waals surface area contributed by atoms with E-state index in [2.05, 4.69) is 10.3 Å². The number of Topliss-reactive ketones (excluding diaryl/α,β-unsaturated/α-hetero) is 1. The maximum absolute atomic E-state index is 11.2. The molecule has 0 bridgehead atoms. The van der Waals surface area contributed by atoms with E-state index in [1.165, 1.54) is 6.92 Å². The molecule has 0 aromatic carbocycles. The van der Waals surface area contributed by atoms with Crippen molar-refractivity contribution >= 4 is 11.9 Å². The molecule has 0 fully saturated rings. The Bertz CT molecular complexity index is 214. The molecule has 0 radical (unpaired) electrons. The first-order chi connectivity index (χ1) is 8.66. The van der Waals surface area contributed by atoms with Gasteiger partial charge in [-0.1, -0.05) is 13.8 Å². The number of ketones is 1. The summed E-state index contributed by atoms with van der Waals surface area (Å²) in [5.41, 5.74) is 0. The van der Waals surface area contributed by atoms with Gasteiger partial charge in [0.25, 0.3) is 0 Å². The highest BCUT2D eigenvalue weighted by Crippen LogP contribution is 1.85. The van der Waals surface area contributed by atoms with Crippen molar-refractivity contribution < 1.29 is 28.5 Å². The minimum atomic E-state index is -1.14. The number of halogens is 1. The Kier molecular flexibility index (Phi) is 16.8. The lowest BCUT2D eigenvalue weighted by Crippen LogP contribution is -2.26. The molecule has 0 rings (SSSR count). The predicted octanol–water partition coefficient (Wildman–Crippen LogP) is 1.64. The quantitative estimate of drug-likeness (QED) is 0.643. The van der Waals surface area contributed by atoms with Crippen molar-refractivity contribution in [2.75, 3.05) is 33.0 Å². The Hall–Kier alpha value is -1.21. The lowest BCUT2D eigenvalue weighted by molar-refractivity contribution is -0.118. The largest absolute Gasteiger partial charge is 0.444 e. The summed E-state index contributed by atoms with van der Waals surface area (Å²) in [6.45, 7) is 7.01. The van der Waals surface area contributed by atoms with Crippen LogP contribution in [0.5, 0.6) is 0 Å². The summed E-state index contributed by atoms with van der Waals surface area (Å²) in [6.07, 6.45) is -0.745. The van der Waals surface area contributed by atoms with Crippen LogP contribution >= 0.6 is 0 Å². The first-order valence-corrected chi connectivity index (χ1v) is 5.88. The predicted molar refractivity (Wildman–Crippen MR) is 63.9 cm³/mol. The molecule has 0 aliphatic rings. The molecule has 0 spiro atoms. The van der Waals surface area contributed by atoms with Gasteiger partial charge in [-0.15, -0.1) is 0 Å². The lowest BCUT2D eigenvalue weighted by atomic mass is 10.3. The van der Waals surface area contributed by atoms with Crippen LogP contribution in [0.25, 0.3) is 0 Å². The average molecular weight is 267 g/mol. The van der Waals surface area contributed by atoms with Crippen molar-refractivity contribution in [1.82, 2.24) is 5.32 Å². The second kappa shape index (κ2) is 15.8. The highest BCUT2D eigenvalue weighted by molar-refractivity contribution is 5.75. The summed E-state index contributed by atoms with van der Waals surface area (Å²) in [7, 11) is 0. The number of ether oxygens (including phenoxy) is 2. The number of hydrogen-bond donors (Lipinski definition) is 1. The summed E-state index contributed by atoms with van der Waals surface area (Å²) in [6, 6.07) is 0. The zero-order valence-corrected chi connectivity index (χ0v) is 11.2. The third-order valence-corrected chi connectivity index (χ3v) is 1.56. The van der Waals surface area contributed by atoms with E-state index in [0.717, 1.165) is 0 Å². The van der Waals surface area contributed by atoms with Crippen LogP contribution < -0.4 is 5.32 Å². The molecule has 0 aliphatic carbocycles. The zero-order chi connectivity index (χ0) is 14.2. The molecule has 0 saturated carbocycles. The van der Waals surface area contributed by atoms with Crippen LogP contribution in [0.3, 0.4) is 0 Å². The van der Waals surface area contributed by atoms with Crippen LogP contribution in [-0.2, 0) is 19.2 Å². The Labute approximate surface area is 107 Å². The average Bonchev–Trinajstić information content (AvgIpc) is 2.38. The first kappa shape index (κ1) is 19.1. The van der Waals surface area contributed by atoms with E-state index in [9.17, 15) is 14.1 Å². The summed E-state index contributed by atoms with van der Waals surface area (Å²) >= 11 is 0. The topological polar surface area (TPSA) is 73.9 Å². The van der Waals surface area contributed by atoms with Crippen molar-refractivity contribution in [3.8, 4) is 0 Å². The van der Waals surface area contributed by atoms with E-state index in [0.29, 0.717) is 26.2 Å². The maximum atomic E-state index is 11.2. The van der Waals surface area contributed by atoms with Crippen molar-refractivity contribution in [1.29, 1.82) is 0 Å². The zero-order valence-electron chi connectivity index (χ0n) is 11.2. The molecule has 18 heavy (non-hydrogen) atoms. The number of amides is 1. The van der Waals surface area contributed by atoms with E-state index >= 15 is 0 Å². The molecule has 6 nitrogen and oxygen atoms in total. The number of rotatable bonds is 9. The van der Waals surface area contributed by atoms with Crippen LogP contribution in [0.1, 0.15) is 27.2 Å². The third kappa shape index (κ3) is 17.2. The molecule has 0 atom stereocenters. The van der Waals surface area contributed by atoms with Gasteiger partial charge >= 0.3 is 6.09 Å². The molecule has 0 aromatic heterocycles. The van der Waals surface area contributed by atoms with E-state index < -0.39 is 6.09 Å². The lowest BCUT2D eigenvalue weighted by Gasteiger charge is -2.05. The highest BCUT2D eigenvalue weighted by atomic mass is 19.3. The van der Waals surface area contributed by atoms with Crippen LogP contribution in [0.2, 0.25) is 0 Å². The summed E-state index contributed by atoms with van der Waals surface area (Å²) in [5, 5.41) is 2.10. The van der Waals surface area contributed by atoms with Crippen molar-refractivity contribution in [3.63, 3.8) is 0 Å². The molecule has 0 aliphatic heterocycles. The Morgan fingerprint density at radius 1 is 1.06 bits per heavy atom. The summed E-state index contributed by atoms with van der Waals surface area (Å²) < 4.78 is 21.3. The number of hydrogen-bond acceptors (Lipinski definition) is 5. The summed E-state index contributed by atoms with van der Waals surface area (Å²) in [5.74, 6) is 0.0786. The van der Waals surface area contributed by atoms with Crippen LogP contribution in [0.15, 0.2) is 0 Å². The van der Waals surface area contributed by atoms with Gasteiger partial charge in [-0.25, -0.2) is 9.74 Å². The van der Waals surface area contributed by atoms with Gasteiger partial charge < -0.3 is 14.8 Å². The van der Waals surface area contributed by atoms with Gasteiger partial charge in [0.05, 0.1) is 26.4 Å². The summed E-state index contributed by atoms with van der Waals surface area (Å²) in [4.78, 5) is 23.6. The smallest absolute Gasteiger partial charge is 0.379 e. The van der Waals surface area contributed by atoms with Gasteiger partial charge in [0, 0.05) is 17.5 Å². The molecule has 1 N–H and O–H groups in total. The van der Waals surface area contributed by atoms with E-state index in [-0.39, 0.29) is 18.9 Å². The Balaban J connectivity index is 0. The normalized spacial score (nSPS) is 9.11. The Morgan fingerprint density at radius 2 is 1.61 bits per heavy atom. The standard InChI is InChI=1S/C9H16FNO5.C2H6/c1-8(12)2-4-14-6-7-15-5-3-11-9(13)16-10;1-2/h2-7H2,1H3,(H,11,13);1-2H3. The number of carbonyl (C=O) groups is 2. The van der Waals surface area contributed by atoms with Crippen LogP contribution in [0, 0.1) is 0 Å². The molecule has 1 amide bonds. The molecular weight excluding hydrogens is 245 g/mol. The van der Waals surface area contributed by atoms with Gasteiger partial charge in [0.2, 0.25) is 0 Å². The van der Waals surface area contributed by atoms with E-state index in [4.69, 9.17) is 9.47 Å². The van der Waals surface area contributed by atoms with Gasteiger partial charge in [-0.3, -0.25) is 4.79 Å². The van der Waals surface area contributed by atoms with Crippen molar-refractivity contribution in [3.05, 3.63) is 0 Å². The van der Waals surface area contributed by atoms with Crippen LogP contribution in [0.4, 0.5) is 9.32 Å². The molecule has 0 aromatic rings. The first-order valence-electron chi connectivity index (χ1n) is 5.88. The number of nitrogens with one attached hydrogen (secondary N) is 1. The van der Waals surface area contributed by atoms with Crippen LogP contribution in [-0.4, -0.2) is 44.8 Å². The fraction of sp³-hybridized carbons (Fsp3) is 0.818. The fourth-order valence-electron chi connectivity index (χ4n) is 0.790. The van der Waals surface area contributed by atoms with Gasteiger partial charge in [-0.2, -0.15) is 0 Å². The fourth-order valence-corrected chi connectivity index (χ4v) is 0.790. The third-order valence-electron chi connectivity index (χ3n) is 1.56. The van der Waals surface area contributed by atoms with Crippen molar-refractivity contribution in [2.24, 2.45) is 0 Å². The SMILES string of the molecule is CC.CC(=O)CCOCCOCCNC(=O)OF. The van der Waals surface area contributed by atoms with Gasteiger partial charge in [0.15, 0.2) is 0 Å². The second-order valence-electron chi connectivity index (χ2n) is 2.97. The van der Waals surface area contributed by atoms with Gasteiger partial charge in [-0.05, 0) is 6.92 Å². The minimum Gasteiger partial charge on any atom is -0.379 e. The maximum Gasteiger partial charge on any atom is 0.444 e. The van der Waals surface area contributed by atoms with Crippen molar-refractivity contribution in [2.45, 2.75) is 27.2 Å². The molecule has 0 saturated heterocycles. The molecule has 0 unspecified atom stereocenters. The molecular formula is C11H22FNO5. The number of carbonyl (C=O) groups excluding carboxylic acids is 2. The highest BCUT2D eigenvalue weighted by Gasteiger charge is 1.99. The van der Waals surface area contributed by atoms with E-state index in [1.807, 2.05) is 13.8 Å². The van der Waals surface area contributed by atoms with Gasteiger partial charge in [0.1, 0.15) is 5.78 Å². The van der Waals surface area contributed by atoms with E-state index in [1.54, 1.807) is 0 Å².